The van der Waals surface area contributed by atoms with Crippen LogP contribution in [-0.2, 0) is 4.79 Å². The van der Waals surface area contributed by atoms with Crippen LogP contribution in [0.15, 0.2) is 18.2 Å². The number of hydrogen-bond acceptors (Lipinski definition) is 3. The fourth-order valence-electron chi connectivity index (χ4n) is 1.59. The van der Waals surface area contributed by atoms with E-state index in [9.17, 15) is 4.79 Å². The third kappa shape index (κ3) is 3.12. The van der Waals surface area contributed by atoms with E-state index in [2.05, 4.69) is 0 Å². The molecule has 0 aliphatic heterocycles. The van der Waals surface area contributed by atoms with Gasteiger partial charge in [0.2, 0.25) is 0 Å². The van der Waals surface area contributed by atoms with Gasteiger partial charge in [-0.25, -0.2) is 0 Å². The zero-order valence-electron chi connectivity index (χ0n) is 10.6. The lowest BCUT2D eigenvalue weighted by molar-refractivity contribution is -0.141. The smallest absolute Gasteiger partial charge is 0.306 e. The van der Waals surface area contributed by atoms with E-state index in [-0.39, 0.29) is 5.92 Å². The average molecular weight is 238 g/mol. The Labute approximate surface area is 101 Å². The summed E-state index contributed by atoms with van der Waals surface area (Å²) in [6, 6.07) is 5.45. The summed E-state index contributed by atoms with van der Waals surface area (Å²) < 4.78 is 10.3. The zero-order chi connectivity index (χ0) is 13.0. The molecule has 0 saturated heterocycles. The van der Waals surface area contributed by atoms with Gasteiger partial charge < -0.3 is 14.6 Å². The molecule has 0 radical (unpaired) electrons. The molecule has 4 heteroatoms. The summed E-state index contributed by atoms with van der Waals surface area (Å²) in [6.07, 6.45) is 0. The van der Waals surface area contributed by atoms with Gasteiger partial charge in [0.05, 0.1) is 20.1 Å². The zero-order valence-corrected chi connectivity index (χ0v) is 10.6. The number of hydrogen-bond donors (Lipinski definition) is 1. The Hall–Kier alpha value is -1.71. The lowest BCUT2D eigenvalue weighted by Crippen LogP contribution is -2.16. The minimum absolute atomic E-state index is 0.100. The normalized spacial score (nSPS) is 13.9. The third-order valence-electron chi connectivity index (χ3n) is 3.04. The molecule has 94 valence electrons. The van der Waals surface area contributed by atoms with Gasteiger partial charge in [0.1, 0.15) is 11.5 Å². The van der Waals surface area contributed by atoms with E-state index >= 15 is 0 Å². The number of aliphatic carboxylic acids is 1. The number of methoxy groups -OCH3 is 2. The fraction of sp³-hybridized carbons (Fsp3) is 0.462. The Balaban J connectivity index is 3.07. The molecule has 0 saturated carbocycles. The molecule has 0 aliphatic rings. The van der Waals surface area contributed by atoms with Crippen LogP contribution in [-0.4, -0.2) is 25.3 Å². The van der Waals surface area contributed by atoms with Crippen LogP contribution >= 0.6 is 0 Å². The van der Waals surface area contributed by atoms with E-state index in [1.807, 2.05) is 19.1 Å². The highest BCUT2D eigenvalue weighted by Crippen LogP contribution is 2.31. The molecule has 0 heterocycles. The minimum Gasteiger partial charge on any atom is -0.497 e. The van der Waals surface area contributed by atoms with Gasteiger partial charge in [-0.05, 0) is 23.6 Å². The first-order valence-electron chi connectivity index (χ1n) is 5.45. The molecular formula is C13H18O4. The van der Waals surface area contributed by atoms with Crippen molar-refractivity contribution in [3.05, 3.63) is 23.8 Å². The second-order valence-electron chi connectivity index (χ2n) is 4.06. The average Bonchev–Trinajstić information content (AvgIpc) is 2.35. The molecule has 0 aliphatic carbocycles. The Kier molecular flexibility index (Phi) is 4.37. The van der Waals surface area contributed by atoms with Crippen molar-refractivity contribution in [1.29, 1.82) is 0 Å². The van der Waals surface area contributed by atoms with Crippen molar-refractivity contribution < 1.29 is 19.4 Å². The molecule has 1 aromatic carbocycles. The van der Waals surface area contributed by atoms with Gasteiger partial charge in [0.15, 0.2) is 0 Å². The summed E-state index contributed by atoms with van der Waals surface area (Å²) in [7, 11) is 3.15. The second-order valence-corrected chi connectivity index (χ2v) is 4.06. The van der Waals surface area contributed by atoms with Gasteiger partial charge in [-0.2, -0.15) is 0 Å². The van der Waals surface area contributed by atoms with Gasteiger partial charge in [-0.1, -0.05) is 13.8 Å². The minimum atomic E-state index is -0.806. The molecule has 17 heavy (non-hydrogen) atoms. The van der Waals surface area contributed by atoms with Crippen molar-refractivity contribution in [3.8, 4) is 11.5 Å². The summed E-state index contributed by atoms with van der Waals surface area (Å²) in [5, 5.41) is 9.00. The first kappa shape index (κ1) is 13.4. The highest BCUT2D eigenvalue weighted by molar-refractivity contribution is 5.71. The molecule has 1 rings (SSSR count). The largest absolute Gasteiger partial charge is 0.497 e. The first-order valence-corrected chi connectivity index (χ1v) is 5.45. The summed E-state index contributed by atoms with van der Waals surface area (Å²) in [6.45, 7) is 3.58. The second kappa shape index (κ2) is 5.57. The van der Waals surface area contributed by atoms with E-state index in [1.54, 1.807) is 27.2 Å². The molecule has 0 bridgehead atoms. The maximum Gasteiger partial charge on any atom is 0.306 e. The van der Waals surface area contributed by atoms with E-state index < -0.39 is 11.9 Å². The topological polar surface area (TPSA) is 55.8 Å². The highest BCUT2D eigenvalue weighted by atomic mass is 16.5. The fourth-order valence-corrected chi connectivity index (χ4v) is 1.59. The lowest BCUT2D eigenvalue weighted by atomic mass is 9.89. The summed E-state index contributed by atoms with van der Waals surface area (Å²) >= 11 is 0. The predicted octanol–water partition coefficient (Wildman–Crippen LogP) is 2.53. The number of benzene rings is 1. The first-order chi connectivity index (χ1) is 7.99. The maximum atomic E-state index is 11.0. The summed E-state index contributed by atoms with van der Waals surface area (Å²) in [5.41, 5.74) is 0.899. The van der Waals surface area contributed by atoms with Crippen LogP contribution in [0.1, 0.15) is 25.3 Å². The van der Waals surface area contributed by atoms with Gasteiger partial charge in [-0.15, -0.1) is 0 Å². The molecule has 2 unspecified atom stereocenters. The van der Waals surface area contributed by atoms with Crippen LogP contribution in [0.5, 0.6) is 11.5 Å². The number of carboxylic acids is 1. The Morgan fingerprint density at radius 1 is 1.12 bits per heavy atom. The van der Waals surface area contributed by atoms with Crippen molar-refractivity contribution >= 4 is 5.97 Å². The molecule has 2 atom stereocenters. The lowest BCUT2D eigenvalue weighted by Gasteiger charge is -2.18. The predicted molar refractivity (Wildman–Crippen MR) is 64.8 cm³/mol. The third-order valence-corrected chi connectivity index (χ3v) is 3.04. The Morgan fingerprint density at radius 2 is 1.59 bits per heavy atom. The Bertz CT molecular complexity index is 378. The van der Waals surface area contributed by atoms with Crippen molar-refractivity contribution in [2.45, 2.75) is 19.8 Å². The van der Waals surface area contributed by atoms with Crippen LogP contribution in [0.3, 0.4) is 0 Å². The molecule has 4 nitrogen and oxygen atoms in total. The van der Waals surface area contributed by atoms with E-state index in [4.69, 9.17) is 14.6 Å². The van der Waals surface area contributed by atoms with Crippen molar-refractivity contribution in [1.82, 2.24) is 0 Å². The van der Waals surface area contributed by atoms with Crippen LogP contribution in [0, 0.1) is 5.92 Å². The van der Waals surface area contributed by atoms with E-state index in [0.717, 1.165) is 5.56 Å². The number of carbonyl (C=O) groups is 1. The molecule has 0 spiro atoms. The number of carboxylic acid groups (broad SMARTS) is 1. The molecule has 0 amide bonds. The molecule has 1 N–H and O–H groups in total. The summed E-state index contributed by atoms with van der Waals surface area (Å²) in [5.74, 6) is -0.0184. The highest BCUT2D eigenvalue weighted by Gasteiger charge is 2.21. The number of ether oxygens (including phenoxy) is 2. The number of rotatable bonds is 5. The Morgan fingerprint density at radius 3 is 1.94 bits per heavy atom. The molecule has 1 aromatic rings. The molecule has 0 aromatic heterocycles. The van der Waals surface area contributed by atoms with Crippen molar-refractivity contribution in [3.63, 3.8) is 0 Å². The van der Waals surface area contributed by atoms with Crippen molar-refractivity contribution in [2.24, 2.45) is 5.92 Å². The van der Waals surface area contributed by atoms with E-state index in [0.29, 0.717) is 11.5 Å². The van der Waals surface area contributed by atoms with Crippen molar-refractivity contribution in [2.75, 3.05) is 14.2 Å². The van der Waals surface area contributed by atoms with Crippen LogP contribution in [0.2, 0.25) is 0 Å². The molecular weight excluding hydrogens is 220 g/mol. The molecule has 0 fully saturated rings. The van der Waals surface area contributed by atoms with Gasteiger partial charge in [0.25, 0.3) is 0 Å². The van der Waals surface area contributed by atoms with E-state index in [1.165, 1.54) is 0 Å². The van der Waals surface area contributed by atoms with Gasteiger partial charge in [-0.3, -0.25) is 4.79 Å². The van der Waals surface area contributed by atoms with Crippen LogP contribution in [0.25, 0.3) is 0 Å². The SMILES string of the molecule is COc1cc(OC)cc(C(C)C(C)C(=O)O)c1. The van der Waals surface area contributed by atoms with Gasteiger partial charge >= 0.3 is 5.97 Å². The monoisotopic (exact) mass is 238 g/mol. The quantitative estimate of drug-likeness (QED) is 0.856. The summed E-state index contributed by atoms with van der Waals surface area (Å²) in [4.78, 5) is 11.0. The van der Waals surface area contributed by atoms with Gasteiger partial charge in [0, 0.05) is 6.07 Å². The maximum absolute atomic E-state index is 11.0. The van der Waals surface area contributed by atoms with Crippen LogP contribution in [0.4, 0.5) is 0 Å². The standard InChI is InChI=1S/C13H18O4/c1-8(9(2)13(14)15)10-5-11(16-3)7-12(6-10)17-4/h5-9H,1-4H3,(H,14,15). The van der Waals surface area contributed by atoms with Crippen LogP contribution < -0.4 is 9.47 Å².